The minimum absolute atomic E-state index is 0.201. The predicted octanol–water partition coefficient (Wildman–Crippen LogP) is 3.06. The van der Waals surface area contributed by atoms with Gasteiger partial charge in [0.25, 0.3) is 0 Å². The van der Waals surface area contributed by atoms with Crippen molar-refractivity contribution >= 4 is 5.97 Å². The fourth-order valence-electron chi connectivity index (χ4n) is 1.41. The van der Waals surface area contributed by atoms with Gasteiger partial charge in [0.05, 0.1) is 17.2 Å². The third-order valence-corrected chi connectivity index (χ3v) is 2.31. The van der Waals surface area contributed by atoms with Crippen LogP contribution in [0.2, 0.25) is 0 Å². The highest BCUT2D eigenvalue weighted by Gasteiger charge is 2.35. The van der Waals surface area contributed by atoms with Gasteiger partial charge in [-0.05, 0) is 18.2 Å². The molecule has 0 amide bonds. The lowest BCUT2D eigenvalue weighted by Crippen LogP contribution is -2.07. The number of carboxylic acids is 1. The molecular formula is C12H5F3N2O4. The van der Waals surface area contributed by atoms with E-state index in [0.717, 1.165) is 18.4 Å². The molecular weight excluding hydrogens is 293 g/mol. The van der Waals surface area contributed by atoms with Crippen molar-refractivity contribution in [1.82, 2.24) is 4.98 Å². The molecule has 0 saturated heterocycles. The van der Waals surface area contributed by atoms with E-state index < -0.39 is 35.2 Å². The summed E-state index contributed by atoms with van der Waals surface area (Å²) in [7, 11) is 0. The second-order valence-electron chi connectivity index (χ2n) is 3.73. The first kappa shape index (κ1) is 14.4. The standard InChI is InChI=1S/C12H5F3N2O4/c13-12(14,15)7-3-6(4-16)1-2-9(7)21-11-17-8(5-20-11)10(18)19/h1-3,5H,(H,18,19). The number of hydrogen-bond donors (Lipinski definition) is 1. The molecule has 2 rings (SSSR count). The van der Waals surface area contributed by atoms with E-state index in [4.69, 9.17) is 15.1 Å². The molecule has 2 aromatic rings. The van der Waals surface area contributed by atoms with Crippen LogP contribution in [0.5, 0.6) is 11.8 Å². The summed E-state index contributed by atoms with van der Waals surface area (Å²) in [6.45, 7) is 0. The number of alkyl halides is 3. The number of rotatable bonds is 3. The molecule has 108 valence electrons. The summed E-state index contributed by atoms with van der Waals surface area (Å²) in [4.78, 5) is 13.9. The molecule has 0 spiro atoms. The van der Waals surface area contributed by atoms with E-state index in [2.05, 4.69) is 9.40 Å². The molecule has 0 aliphatic rings. The van der Waals surface area contributed by atoms with Crippen LogP contribution < -0.4 is 4.74 Å². The maximum atomic E-state index is 12.9. The van der Waals surface area contributed by atoms with E-state index in [-0.39, 0.29) is 5.56 Å². The van der Waals surface area contributed by atoms with Gasteiger partial charge in [0.1, 0.15) is 12.0 Å². The predicted molar refractivity (Wildman–Crippen MR) is 59.7 cm³/mol. The molecule has 21 heavy (non-hydrogen) atoms. The first-order valence-electron chi connectivity index (χ1n) is 5.29. The van der Waals surface area contributed by atoms with Gasteiger partial charge >= 0.3 is 18.2 Å². The Hall–Kier alpha value is -3.02. The van der Waals surface area contributed by atoms with Crippen molar-refractivity contribution < 1.29 is 32.2 Å². The molecule has 0 radical (unpaired) electrons. The summed E-state index contributed by atoms with van der Waals surface area (Å²) in [6, 6.07) is 4.22. The molecule has 1 heterocycles. The molecule has 0 fully saturated rings. The third-order valence-electron chi connectivity index (χ3n) is 2.31. The SMILES string of the molecule is N#Cc1ccc(Oc2nc(C(=O)O)co2)c(C(F)(F)F)c1. The zero-order valence-corrected chi connectivity index (χ0v) is 10.0. The number of nitrogens with zero attached hydrogens (tertiary/aromatic N) is 2. The Labute approximate surface area is 115 Å². The van der Waals surface area contributed by atoms with Gasteiger partial charge in [-0.1, -0.05) is 0 Å². The van der Waals surface area contributed by atoms with E-state index in [0.29, 0.717) is 6.07 Å². The minimum Gasteiger partial charge on any atom is -0.476 e. The molecule has 9 heteroatoms. The van der Waals surface area contributed by atoms with Crippen molar-refractivity contribution in [2.75, 3.05) is 0 Å². The van der Waals surface area contributed by atoms with E-state index in [1.54, 1.807) is 6.07 Å². The molecule has 1 aromatic carbocycles. The number of nitriles is 1. The number of hydrogen-bond acceptors (Lipinski definition) is 5. The van der Waals surface area contributed by atoms with Gasteiger partial charge < -0.3 is 14.3 Å². The molecule has 0 aliphatic carbocycles. The Morgan fingerprint density at radius 1 is 1.43 bits per heavy atom. The van der Waals surface area contributed by atoms with Crippen molar-refractivity contribution in [3.63, 3.8) is 0 Å². The zero-order valence-electron chi connectivity index (χ0n) is 10.0. The van der Waals surface area contributed by atoms with Gasteiger partial charge in [-0.3, -0.25) is 0 Å². The van der Waals surface area contributed by atoms with Crippen LogP contribution in [-0.2, 0) is 6.18 Å². The van der Waals surface area contributed by atoms with Crippen LogP contribution in [0.25, 0.3) is 0 Å². The van der Waals surface area contributed by atoms with Crippen LogP contribution in [0.15, 0.2) is 28.9 Å². The van der Waals surface area contributed by atoms with E-state index >= 15 is 0 Å². The van der Waals surface area contributed by atoms with Gasteiger partial charge in [-0.15, -0.1) is 0 Å². The van der Waals surface area contributed by atoms with Crippen molar-refractivity contribution in [2.45, 2.75) is 6.18 Å². The van der Waals surface area contributed by atoms with Crippen LogP contribution in [-0.4, -0.2) is 16.1 Å². The quantitative estimate of drug-likeness (QED) is 0.935. The van der Waals surface area contributed by atoms with E-state index in [9.17, 15) is 18.0 Å². The molecule has 0 atom stereocenters. The molecule has 0 aliphatic heterocycles. The van der Waals surface area contributed by atoms with Gasteiger partial charge in [0.2, 0.25) is 0 Å². The first-order chi connectivity index (χ1) is 9.81. The summed E-state index contributed by atoms with van der Waals surface area (Å²) in [5.74, 6) is -2.07. The largest absolute Gasteiger partial charge is 0.476 e. The highest BCUT2D eigenvalue weighted by molar-refractivity contribution is 5.84. The number of aromatic nitrogens is 1. The lowest BCUT2D eigenvalue weighted by atomic mass is 10.1. The second kappa shape index (κ2) is 5.16. The average Bonchev–Trinajstić information content (AvgIpc) is 2.86. The smallest absolute Gasteiger partial charge is 0.420 e. The van der Waals surface area contributed by atoms with Crippen LogP contribution in [0, 0.1) is 11.3 Å². The van der Waals surface area contributed by atoms with Gasteiger partial charge in [0, 0.05) is 0 Å². The number of halogens is 3. The fraction of sp³-hybridized carbons (Fsp3) is 0.0833. The maximum Gasteiger partial charge on any atom is 0.420 e. The summed E-state index contributed by atoms with van der Waals surface area (Å²) < 4.78 is 48.0. The van der Waals surface area contributed by atoms with Gasteiger partial charge in [-0.25, -0.2) is 4.79 Å². The Morgan fingerprint density at radius 3 is 2.67 bits per heavy atom. The lowest BCUT2D eigenvalue weighted by molar-refractivity contribution is -0.138. The molecule has 1 N–H and O–H groups in total. The molecule has 0 unspecified atom stereocenters. The summed E-state index contributed by atoms with van der Waals surface area (Å²) in [5, 5.41) is 17.2. The van der Waals surface area contributed by atoms with Crippen molar-refractivity contribution in [3.05, 3.63) is 41.3 Å². The maximum absolute atomic E-state index is 12.9. The summed E-state index contributed by atoms with van der Waals surface area (Å²) in [6.07, 6.45) is -4.68. The number of aromatic carboxylic acids is 1. The van der Waals surface area contributed by atoms with Crippen molar-refractivity contribution in [3.8, 4) is 17.9 Å². The number of carbonyl (C=O) groups is 1. The zero-order chi connectivity index (χ0) is 15.6. The number of benzene rings is 1. The topological polar surface area (TPSA) is 96.3 Å². The minimum atomic E-state index is -4.76. The first-order valence-corrected chi connectivity index (χ1v) is 5.29. The van der Waals surface area contributed by atoms with Crippen molar-refractivity contribution in [1.29, 1.82) is 5.26 Å². The lowest BCUT2D eigenvalue weighted by Gasteiger charge is -2.11. The Bertz CT molecular complexity index is 731. The number of oxazole rings is 1. The average molecular weight is 298 g/mol. The summed E-state index contributed by atoms with van der Waals surface area (Å²) >= 11 is 0. The van der Waals surface area contributed by atoms with E-state index in [1.807, 2.05) is 0 Å². The van der Waals surface area contributed by atoms with Crippen LogP contribution >= 0.6 is 0 Å². The normalized spacial score (nSPS) is 11.0. The van der Waals surface area contributed by atoms with Crippen molar-refractivity contribution in [2.24, 2.45) is 0 Å². The van der Waals surface area contributed by atoms with Crippen LogP contribution in [0.1, 0.15) is 21.6 Å². The van der Waals surface area contributed by atoms with Gasteiger partial charge in [-0.2, -0.15) is 23.4 Å². The molecule has 1 aromatic heterocycles. The monoisotopic (exact) mass is 298 g/mol. The second-order valence-corrected chi connectivity index (χ2v) is 3.73. The molecule has 0 saturated carbocycles. The van der Waals surface area contributed by atoms with Crippen LogP contribution in [0.3, 0.4) is 0 Å². The molecule has 6 nitrogen and oxygen atoms in total. The molecule has 0 bridgehead atoms. The Balaban J connectivity index is 2.39. The summed E-state index contributed by atoms with van der Waals surface area (Å²) in [5.41, 5.74) is -1.91. The highest BCUT2D eigenvalue weighted by Crippen LogP contribution is 2.38. The number of ether oxygens (including phenoxy) is 1. The van der Waals surface area contributed by atoms with E-state index in [1.165, 1.54) is 0 Å². The van der Waals surface area contributed by atoms with Gasteiger partial charge in [0.15, 0.2) is 5.69 Å². The Kier molecular flexibility index (Phi) is 3.54. The third kappa shape index (κ3) is 3.11. The fourth-order valence-corrected chi connectivity index (χ4v) is 1.41. The van der Waals surface area contributed by atoms with Crippen LogP contribution in [0.4, 0.5) is 13.2 Å². The highest BCUT2D eigenvalue weighted by atomic mass is 19.4. The Morgan fingerprint density at radius 2 is 2.14 bits per heavy atom. The number of carboxylic acid groups (broad SMARTS) is 1.